The molecular formula is C20H34O11. The van der Waals surface area contributed by atoms with Crippen LogP contribution in [0, 0.1) is 0 Å². The van der Waals surface area contributed by atoms with Crippen molar-refractivity contribution in [2.45, 2.75) is 78.8 Å². The fourth-order valence-electron chi connectivity index (χ4n) is 1.68. The van der Waals surface area contributed by atoms with Crippen LogP contribution >= 0.6 is 0 Å². The van der Waals surface area contributed by atoms with E-state index >= 15 is 0 Å². The third-order valence-corrected chi connectivity index (χ3v) is 3.89. The van der Waals surface area contributed by atoms with Gasteiger partial charge in [0.15, 0.2) is 12.2 Å². The molecule has 0 spiro atoms. The van der Waals surface area contributed by atoms with Crippen LogP contribution < -0.4 is 0 Å². The van der Waals surface area contributed by atoms with Crippen LogP contribution in [0.3, 0.4) is 0 Å². The van der Waals surface area contributed by atoms with E-state index < -0.39 is 36.5 Å². The average molecular weight is 450 g/mol. The van der Waals surface area contributed by atoms with Crippen LogP contribution in [0.15, 0.2) is 0 Å². The third-order valence-electron chi connectivity index (χ3n) is 3.89. The molecule has 0 aliphatic rings. The molecule has 0 aliphatic heterocycles. The molecule has 0 amide bonds. The van der Waals surface area contributed by atoms with Crippen molar-refractivity contribution in [2.24, 2.45) is 0 Å². The van der Waals surface area contributed by atoms with Crippen LogP contribution in [0.5, 0.6) is 0 Å². The topological polar surface area (TPSA) is 133 Å². The summed E-state index contributed by atoms with van der Waals surface area (Å²) in [5.74, 6) is -1.32. The fourth-order valence-corrected chi connectivity index (χ4v) is 1.68. The van der Waals surface area contributed by atoms with Crippen molar-refractivity contribution >= 4 is 24.2 Å². The summed E-state index contributed by atoms with van der Waals surface area (Å²) in [6.45, 7) is 9.69. The maximum absolute atomic E-state index is 11.7. The molecule has 0 N–H and O–H groups in total. The van der Waals surface area contributed by atoms with E-state index in [-0.39, 0.29) is 38.6 Å². The van der Waals surface area contributed by atoms with Gasteiger partial charge in [0.25, 0.3) is 0 Å². The van der Waals surface area contributed by atoms with Gasteiger partial charge in [-0.3, -0.25) is 0 Å². The van der Waals surface area contributed by atoms with E-state index in [4.69, 9.17) is 33.2 Å². The highest BCUT2D eigenvalue weighted by atomic mass is 16.7. The van der Waals surface area contributed by atoms with E-state index in [0.717, 1.165) is 0 Å². The molecule has 0 aliphatic carbocycles. The van der Waals surface area contributed by atoms with Crippen molar-refractivity contribution in [3.8, 4) is 0 Å². The van der Waals surface area contributed by atoms with E-state index in [0.29, 0.717) is 12.8 Å². The van der Waals surface area contributed by atoms with Gasteiger partial charge in [-0.25, -0.2) is 19.2 Å². The molecule has 0 aromatic carbocycles. The van der Waals surface area contributed by atoms with Crippen LogP contribution in [0.2, 0.25) is 0 Å². The Morgan fingerprint density at radius 2 is 0.935 bits per heavy atom. The number of rotatable bonds is 14. The van der Waals surface area contributed by atoms with Crippen molar-refractivity contribution in [3.05, 3.63) is 0 Å². The maximum Gasteiger partial charge on any atom is 0.509 e. The highest BCUT2D eigenvalue weighted by molar-refractivity contribution is 5.77. The maximum atomic E-state index is 11.7. The summed E-state index contributed by atoms with van der Waals surface area (Å²) in [7, 11) is 0. The summed E-state index contributed by atoms with van der Waals surface area (Å²) in [4.78, 5) is 46.3. The Balaban J connectivity index is 3.82. The van der Waals surface area contributed by atoms with Crippen LogP contribution in [-0.4, -0.2) is 75.1 Å². The zero-order valence-corrected chi connectivity index (χ0v) is 19.0. The van der Waals surface area contributed by atoms with E-state index in [1.807, 2.05) is 13.8 Å². The van der Waals surface area contributed by atoms with Gasteiger partial charge in [-0.15, -0.1) is 0 Å². The quantitative estimate of drug-likeness (QED) is 0.220. The number of carbonyl (C=O) groups is 4. The predicted octanol–water partition coefficient (Wildman–Crippen LogP) is 2.77. The first-order valence-electron chi connectivity index (χ1n) is 10.3. The Kier molecular flexibility index (Phi) is 14.8. The summed E-state index contributed by atoms with van der Waals surface area (Å²) in [5.41, 5.74) is 0. The molecule has 0 heterocycles. The molecule has 4 atom stereocenters. The molecule has 0 bridgehead atoms. The van der Waals surface area contributed by atoms with Crippen molar-refractivity contribution < 1.29 is 52.3 Å². The minimum absolute atomic E-state index is 0.0108. The first-order chi connectivity index (χ1) is 14.6. The summed E-state index contributed by atoms with van der Waals surface area (Å²) in [6, 6.07) is 0. The van der Waals surface area contributed by atoms with Gasteiger partial charge in [-0.2, -0.15) is 0 Å². The number of esters is 2. The smallest absolute Gasteiger partial charge is 0.460 e. The van der Waals surface area contributed by atoms with Gasteiger partial charge in [0.1, 0.15) is 13.2 Å². The highest BCUT2D eigenvalue weighted by Crippen LogP contribution is 2.04. The van der Waals surface area contributed by atoms with E-state index in [1.54, 1.807) is 13.8 Å². The molecule has 0 fully saturated rings. The number of carbonyl (C=O) groups excluding carboxylic acids is 4. The Labute approximate surface area is 182 Å². The molecule has 0 aromatic heterocycles. The molecule has 11 nitrogen and oxygen atoms in total. The Hall–Kier alpha value is -2.56. The van der Waals surface area contributed by atoms with E-state index in [1.165, 1.54) is 13.8 Å². The number of ether oxygens (including phenoxy) is 7. The van der Waals surface area contributed by atoms with E-state index in [2.05, 4.69) is 0 Å². The summed E-state index contributed by atoms with van der Waals surface area (Å²) < 4.78 is 34.3. The lowest BCUT2D eigenvalue weighted by atomic mass is 10.3. The molecule has 0 unspecified atom stereocenters. The van der Waals surface area contributed by atoms with Crippen LogP contribution in [0.1, 0.15) is 54.4 Å². The fraction of sp³-hybridized carbons (Fsp3) is 0.800. The first-order valence-corrected chi connectivity index (χ1v) is 10.3. The van der Waals surface area contributed by atoms with E-state index in [9.17, 15) is 19.2 Å². The van der Waals surface area contributed by atoms with Gasteiger partial charge in [-0.05, 0) is 40.5 Å². The molecular weight excluding hydrogens is 416 g/mol. The summed E-state index contributed by atoms with van der Waals surface area (Å²) in [6.07, 6.45) is -3.51. The molecule has 0 radical (unpaired) electrons. The predicted molar refractivity (Wildman–Crippen MR) is 106 cm³/mol. The SMILES string of the molecule is CC[C@@H](C)OC(=O)[C@H](C)OC(=O)OCCOCCOC(=O)O[C@@H](C)C(=O)O[C@@H](C)CC. The summed E-state index contributed by atoms with van der Waals surface area (Å²) >= 11 is 0. The van der Waals surface area contributed by atoms with Crippen molar-refractivity contribution in [2.75, 3.05) is 26.4 Å². The Morgan fingerprint density at radius 3 is 1.26 bits per heavy atom. The van der Waals surface area contributed by atoms with Gasteiger partial charge in [0.2, 0.25) is 0 Å². The largest absolute Gasteiger partial charge is 0.509 e. The zero-order chi connectivity index (χ0) is 23.8. The Bertz CT molecular complexity index is 515. The molecule has 0 saturated carbocycles. The van der Waals surface area contributed by atoms with Crippen molar-refractivity contribution in [1.82, 2.24) is 0 Å². The van der Waals surface area contributed by atoms with Crippen LogP contribution in [-0.2, 0) is 42.7 Å². The minimum atomic E-state index is -1.09. The monoisotopic (exact) mass is 450 g/mol. The van der Waals surface area contributed by atoms with Gasteiger partial charge in [-0.1, -0.05) is 13.8 Å². The second kappa shape index (κ2) is 16.2. The lowest BCUT2D eigenvalue weighted by Crippen LogP contribution is -2.29. The van der Waals surface area contributed by atoms with Gasteiger partial charge < -0.3 is 33.2 Å². The lowest BCUT2D eigenvalue weighted by Gasteiger charge is -2.16. The van der Waals surface area contributed by atoms with Crippen molar-refractivity contribution in [1.29, 1.82) is 0 Å². The Morgan fingerprint density at radius 1 is 0.581 bits per heavy atom. The second-order valence-corrected chi connectivity index (χ2v) is 6.64. The van der Waals surface area contributed by atoms with Gasteiger partial charge in [0.05, 0.1) is 25.4 Å². The second-order valence-electron chi connectivity index (χ2n) is 6.64. The minimum Gasteiger partial charge on any atom is -0.460 e. The van der Waals surface area contributed by atoms with Gasteiger partial charge in [0, 0.05) is 0 Å². The van der Waals surface area contributed by atoms with Gasteiger partial charge >= 0.3 is 24.2 Å². The standard InChI is InChI=1S/C20H34O11/c1-7-13(3)28-17(21)15(5)30-19(23)26-11-9-25-10-12-27-20(24)31-16(6)18(22)29-14(4)8-2/h13-16H,7-12H2,1-6H3/t13-,14+,15-,16-/m0/s1. The first kappa shape index (κ1) is 28.4. The number of hydrogen-bond acceptors (Lipinski definition) is 11. The summed E-state index contributed by atoms with van der Waals surface area (Å²) in [5, 5.41) is 0. The molecule has 0 saturated heterocycles. The molecule has 180 valence electrons. The third kappa shape index (κ3) is 14.1. The molecule has 11 heteroatoms. The zero-order valence-electron chi connectivity index (χ0n) is 19.0. The molecule has 0 aromatic rings. The molecule has 31 heavy (non-hydrogen) atoms. The molecule has 0 rings (SSSR count). The average Bonchev–Trinajstić information content (AvgIpc) is 2.72. The number of hydrogen-bond donors (Lipinski definition) is 0. The lowest BCUT2D eigenvalue weighted by molar-refractivity contribution is -0.159. The highest BCUT2D eigenvalue weighted by Gasteiger charge is 2.22. The van der Waals surface area contributed by atoms with Crippen molar-refractivity contribution in [3.63, 3.8) is 0 Å². The van der Waals surface area contributed by atoms with Crippen LogP contribution in [0.25, 0.3) is 0 Å². The van der Waals surface area contributed by atoms with Crippen LogP contribution in [0.4, 0.5) is 9.59 Å². The normalized spacial score (nSPS) is 14.4.